The lowest BCUT2D eigenvalue weighted by Gasteiger charge is -1.96. The number of rotatable bonds is 2. The molecular formula is C8H9NO2. The van der Waals surface area contributed by atoms with Gasteiger partial charge in [0.2, 0.25) is 0 Å². The van der Waals surface area contributed by atoms with Gasteiger partial charge in [0.1, 0.15) is 0 Å². The van der Waals surface area contributed by atoms with E-state index in [1.165, 1.54) is 12.3 Å². The Labute approximate surface area is 64.7 Å². The van der Waals surface area contributed by atoms with Crippen molar-refractivity contribution in [3.8, 4) is 0 Å². The second-order valence-electron chi connectivity index (χ2n) is 2.19. The smallest absolute Gasteiger partial charge is 0.335 e. The van der Waals surface area contributed by atoms with Gasteiger partial charge in [-0.25, -0.2) is 4.79 Å². The lowest BCUT2D eigenvalue weighted by Crippen LogP contribution is -1.98. The molecule has 0 amide bonds. The number of hydrogen-bond acceptors (Lipinski definition) is 2. The van der Waals surface area contributed by atoms with Crippen LogP contribution in [0.4, 0.5) is 0 Å². The molecule has 1 rings (SSSR count). The highest BCUT2D eigenvalue weighted by atomic mass is 16.4. The molecule has 0 aliphatic carbocycles. The first kappa shape index (κ1) is 7.72. The van der Waals surface area contributed by atoms with Crippen molar-refractivity contribution in [1.82, 2.24) is 4.98 Å². The molecule has 0 radical (unpaired) electrons. The van der Waals surface area contributed by atoms with Crippen LogP contribution in [0.15, 0.2) is 18.3 Å². The number of aromatic carboxylic acids is 1. The first-order valence-electron chi connectivity index (χ1n) is 3.42. The van der Waals surface area contributed by atoms with Gasteiger partial charge >= 0.3 is 5.97 Å². The number of carbonyl (C=O) groups is 1. The van der Waals surface area contributed by atoms with Crippen LogP contribution in [0.5, 0.6) is 0 Å². The van der Waals surface area contributed by atoms with Crippen molar-refractivity contribution in [2.45, 2.75) is 13.3 Å². The summed E-state index contributed by atoms with van der Waals surface area (Å²) < 4.78 is 0. The van der Waals surface area contributed by atoms with Crippen molar-refractivity contribution in [3.05, 3.63) is 29.6 Å². The molecule has 0 aromatic carbocycles. The predicted molar refractivity (Wildman–Crippen MR) is 40.6 cm³/mol. The normalized spacial score (nSPS) is 9.55. The van der Waals surface area contributed by atoms with Crippen molar-refractivity contribution < 1.29 is 9.90 Å². The van der Waals surface area contributed by atoms with Crippen molar-refractivity contribution in [2.75, 3.05) is 0 Å². The van der Waals surface area contributed by atoms with Gasteiger partial charge in [-0.1, -0.05) is 6.92 Å². The Hall–Kier alpha value is -1.38. The van der Waals surface area contributed by atoms with E-state index in [0.29, 0.717) is 5.56 Å². The Kier molecular flexibility index (Phi) is 2.21. The van der Waals surface area contributed by atoms with Gasteiger partial charge in [-0.2, -0.15) is 0 Å². The molecule has 3 nitrogen and oxygen atoms in total. The van der Waals surface area contributed by atoms with Crippen LogP contribution in [0.25, 0.3) is 0 Å². The van der Waals surface area contributed by atoms with Crippen molar-refractivity contribution in [2.24, 2.45) is 0 Å². The Bertz CT molecular complexity index is 271. The molecular weight excluding hydrogens is 142 g/mol. The Morgan fingerprint density at radius 1 is 1.73 bits per heavy atom. The number of pyridine rings is 1. The molecule has 0 aliphatic heterocycles. The van der Waals surface area contributed by atoms with E-state index in [2.05, 4.69) is 4.98 Å². The van der Waals surface area contributed by atoms with Crippen molar-refractivity contribution in [1.29, 1.82) is 0 Å². The van der Waals surface area contributed by atoms with Gasteiger partial charge in [0, 0.05) is 11.9 Å². The van der Waals surface area contributed by atoms with E-state index in [0.717, 1.165) is 12.1 Å². The van der Waals surface area contributed by atoms with E-state index < -0.39 is 5.97 Å². The molecule has 0 bridgehead atoms. The summed E-state index contributed by atoms with van der Waals surface area (Å²) in [4.78, 5) is 14.4. The van der Waals surface area contributed by atoms with Gasteiger partial charge < -0.3 is 5.11 Å². The minimum atomic E-state index is -0.901. The lowest BCUT2D eigenvalue weighted by molar-refractivity contribution is 0.0696. The third kappa shape index (κ3) is 1.77. The summed E-state index contributed by atoms with van der Waals surface area (Å²) >= 11 is 0. The Balaban J connectivity index is 3.01. The molecule has 1 aromatic rings. The molecule has 3 heteroatoms. The lowest BCUT2D eigenvalue weighted by atomic mass is 10.2. The Morgan fingerprint density at radius 3 is 3.00 bits per heavy atom. The first-order chi connectivity index (χ1) is 5.24. The van der Waals surface area contributed by atoms with E-state index >= 15 is 0 Å². The molecule has 1 heterocycles. The molecule has 11 heavy (non-hydrogen) atoms. The first-order valence-corrected chi connectivity index (χ1v) is 3.42. The van der Waals surface area contributed by atoms with Gasteiger partial charge in [-0.3, -0.25) is 4.98 Å². The monoisotopic (exact) mass is 151 g/mol. The molecule has 0 aliphatic rings. The zero-order valence-corrected chi connectivity index (χ0v) is 6.24. The van der Waals surface area contributed by atoms with E-state index in [1.807, 2.05) is 6.92 Å². The molecule has 0 saturated carbocycles. The van der Waals surface area contributed by atoms with Crippen LogP contribution in [0.3, 0.4) is 0 Å². The van der Waals surface area contributed by atoms with Crippen LogP contribution < -0.4 is 0 Å². The number of carboxylic acid groups (broad SMARTS) is 1. The molecule has 0 unspecified atom stereocenters. The fourth-order valence-corrected chi connectivity index (χ4v) is 0.805. The SMILES string of the molecule is CCc1cc(C(=O)O)ccn1. The minimum Gasteiger partial charge on any atom is -0.478 e. The van der Waals surface area contributed by atoms with Gasteiger partial charge in [-0.15, -0.1) is 0 Å². The fourth-order valence-electron chi connectivity index (χ4n) is 0.805. The largest absolute Gasteiger partial charge is 0.478 e. The van der Waals surface area contributed by atoms with E-state index in [4.69, 9.17) is 5.11 Å². The summed E-state index contributed by atoms with van der Waals surface area (Å²) in [6, 6.07) is 3.07. The van der Waals surface area contributed by atoms with Crippen LogP contribution >= 0.6 is 0 Å². The summed E-state index contributed by atoms with van der Waals surface area (Å²) in [5, 5.41) is 8.58. The quantitative estimate of drug-likeness (QED) is 0.693. The average molecular weight is 151 g/mol. The fraction of sp³-hybridized carbons (Fsp3) is 0.250. The minimum absolute atomic E-state index is 0.303. The third-order valence-electron chi connectivity index (χ3n) is 1.43. The highest BCUT2D eigenvalue weighted by molar-refractivity contribution is 5.87. The van der Waals surface area contributed by atoms with Crippen LogP contribution in [-0.4, -0.2) is 16.1 Å². The molecule has 58 valence electrons. The number of aryl methyl sites for hydroxylation is 1. The van der Waals surface area contributed by atoms with Crippen LogP contribution in [0, 0.1) is 0 Å². The average Bonchev–Trinajstić information content (AvgIpc) is 2.05. The summed E-state index contributed by atoms with van der Waals surface area (Å²) in [7, 11) is 0. The second kappa shape index (κ2) is 3.14. The highest BCUT2D eigenvalue weighted by Crippen LogP contribution is 2.01. The van der Waals surface area contributed by atoms with Crippen LogP contribution in [0.1, 0.15) is 23.0 Å². The van der Waals surface area contributed by atoms with Crippen LogP contribution in [-0.2, 0) is 6.42 Å². The zero-order valence-electron chi connectivity index (χ0n) is 6.24. The van der Waals surface area contributed by atoms with Crippen LogP contribution in [0.2, 0.25) is 0 Å². The summed E-state index contributed by atoms with van der Waals surface area (Å²) in [6.45, 7) is 1.94. The van der Waals surface area contributed by atoms with E-state index in [1.54, 1.807) is 6.07 Å². The molecule has 0 fully saturated rings. The van der Waals surface area contributed by atoms with Crippen molar-refractivity contribution in [3.63, 3.8) is 0 Å². The van der Waals surface area contributed by atoms with E-state index in [-0.39, 0.29) is 0 Å². The van der Waals surface area contributed by atoms with Gasteiger partial charge in [0.25, 0.3) is 0 Å². The van der Waals surface area contributed by atoms with Gasteiger partial charge in [0.05, 0.1) is 5.56 Å². The highest BCUT2D eigenvalue weighted by Gasteiger charge is 2.01. The standard InChI is InChI=1S/C8H9NO2/c1-2-7-5-6(8(10)11)3-4-9-7/h3-5H,2H2,1H3,(H,10,11). The zero-order chi connectivity index (χ0) is 8.27. The molecule has 1 N–H and O–H groups in total. The number of carboxylic acids is 1. The molecule has 0 atom stereocenters. The molecule has 0 spiro atoms. The summed E-state index contributed by atoms with van der Waals surface area (Å²) in [6.07, 6.45) is 2.28. The summed E-state index contributed by atoms with van der Waals surface area (Å²) in [5.41, 5.74) is 1.11. The van der Waals surface area contributed by atoms with E-state index in [9.17, 15) is 4.79 Å². The maximum absolute atomic E-state index is 10.4. The number of nitrogens with zero attached hydrogens (tertiary/aromatic N) is 1. The maximum atomic E-state index is 10.4. The molecule has 1 aromatic heterocycles. The third-order valence-corrected chi connectivity index (χ3v) is 1.43. The maximum Gasteiger partial charge on any atom is 0.335 e. The number of aromatic nitrogens is 1. The molecule has 0 saturated heterocycles. The topological polar surface area (TPSA) is 50.2 Å². The van der Waals surface area contributed by atoms with Gasteiger partial charge in [0.15, 0.2) is 0 Å². The van der Waals surface area contributed by atoms with Gasteiger partial charge in [-0.05, 0) is 18.6 Å². The predicted octanol–water partition coefficient (Wildman–Crippen LogP) is 1.34. The number of hydrogen-bond donors (Lipinski definition) is 1. The Morgan fingerprint density at radius 2 is 2.45 bits per heavy atom. The van der Waals surface area contributed by atoms with Crippen molar-refractivity contribution >= 4 is 5.97 Å². The second-order valence-corrected chi connectivity index (χ2v) is 2.19. The summed E-state index contributed by atoms with van der Waals surface area (Å²) in [5.74, 6) is -0.901.